The molecule has 0 aliphatic carbocycles. The number of fused-ring (bicyclic) bond motifs is 2. The van der Waals surface area contributed by atoms with Gasteiger partial charge in [-0.2, -0.15) is 0 Å². The molecule has 0 fully saturated rings. The number of hydrogen-bond acceptors (Lipinski definition) is 8. The fraction of sp³-hybridized carbons (Fsp3) is 0.118. The molecule has 4 aromatic rings. The van der Waals surface area contributed by atoms with Crippen molar-refractivity contribution < 1.29 is 55.2 Å². The first-order chi connectivity index (χ1) is 22.1. The fourth-order valence-electron chi connectivity index (χ4n) is 5.52. The zero-order valence-electron chi connectivity index (χ0n) is 24.2. The van der Waals surface area contributed by atoms with E-state index in [2.05, 4.69) is 0 Å². The summed E-state index contributed by atoms with van der Waals surface area (Å²) in [6.45, 7) is 0. The second-order valence-corrected chi connectivity index (χ2v) is 19.7. The van der Waals surface area contributed by atoms with Gasteiger partial charge in [-0.1, -0.05) is 0 Å². The van der Waals surface area contributed by atoms with Crippen LogP contribution in [0.1, 0.15) is 47.9 Å². The third kappa shape index (κ3) is 7.91. The Morgan fingerprint density at radius 3 is 1.17 bits per heavy atom. The van der Waals surface area contributed by atoms with E-state index in [-0.39, 0.29) is 0 Å². The van der Waals surface area contributed by atoms with E-state index in [1.165, 1.54) is 0 Å². The second kappa shape index (κ2) is 14.3. The van der Waals surface area contributed by atoms with Gasteiger partial charge in [-0.15, -0.1) is 0 Å². The topological polar surface area (TPSA) is 157 Å². The number of unbranched alkanes of at least 4 members (excludes halogenated alkanes) is 1. The van der Waals surface area contributed by atoms with Crippen LogP contribution in [0.5, 0.6) is 0 Å². The number of rotatable bonds is 11. The molecule has 0 N–H and O–H groups in total. The molecule has 4 aromatic carbocycles. The standard InChI is InChI=1S/C34H28Cl2O8Se2/c37-35(38,39)43-45-31-21-11-9-19-29(31)27(23-33(45)25-13-3-1-4-14-25)17-7-8-18-28-24-34(26-15-5-2-6-16-26)46(44-36(40,41)42)32-22-12-10-20-30(28)32/h1-6,9-16,19-24H,7-8,17-18H2. The van der Waals surface area contributed by atoms with Gasteiger partial charge in [0.15, 0.2) is 0 Å². The van der Waals surface area contributed by atoms with Crippen LogP contribution >= 0.6 is 0 Å². The van der Waals surface area contributed by atoms with Gasteiger partial charge in [0.05, 0.1) is 0 Å². The molecular formula is C34H28Cl2O8Se2. The van der Waals surface area contributed by atoms with Gasteiger partial charge in [0.2, 0.25) is 0 Å². The maximum absolute atomic E-state index is 11.8. The summed E-state index contributed by atoms with van der Waals surface area (Å²) in [5.41, 5.74) is 5.46. The Kier molecular flexibility index (Phi) is 10.3. The summed E-state index contributed by atoms with van der Waals surface area (Å²) in [4.78, 5) is 0. The molecule has 12 heteroatoms. The summed E-state index contributed by atoms with van der Waals surface area (Å²) in [6, 6.07) is 33.7. The van der Waals surface area contributed by atoms with Gasteiger partial charge in [0.1, 0.15) is 0 Å². The molecule has 0 spiro atoms. The summed E-state index contributed by atoms with van der Waals surface area (Å²) >= 11 is -5.34. The molecule has 0 amide bonds. The van der Waals surface area contributed by atoms with Gasteiger partial charge in [0, 0.05) is 0 Å². The van der Waals surface area contributed by atoms with Crippen molar-refractivity contribution in [3.8, 4) is 0 Å². The Hall–Kier alpha value is -2.60. The molecule has 0 radical (unpaired) electrons. The average Bonchev–Trinajstić information content (AvgIpc) is 3.04. The Morgan fingerprint density at radius 1 is 0.457 bits per heavy atom. The summed E-state index contributed by atoms with van der Waals surface area (Å²) in [5, 5.41) is 0. The van der Waals surface area contributed by atoms with Crippen molar-refractivity contribution in [2.45, 2.75) is 25.7 Å². The molecule has 2 aliphatic rings. The van der Waals surface area contributed by atoms with Crippen LogP contribution in [0.3, 0.4) is 0 Å². The quantitative estimate of drug-likeness (QED) is 0.132. The summed E-state index contributed by atoms with van der Waals surface area (Å²) < 4.78 is 83.8. The first kappa shape index (κ1) is 33.3. The van der Waals surface area contributed by atoms with Crippen molar-refractivity contribution >= 4 is 56.5 Å². The average molecular weight is 793 g/mol. The summed E-state index contributed by atoms with van der Waals surface area (Å²) in [5.74, 6) is 0. The molecular weight excluding hydrogens is 765 g/mol. The third-order valence-electron chi connectivity index (χ3n) is 7.41. The first-order valence-corrected chi connectivity index (χ1v) is 21.5. The Morgan fingerprint density at radius 2 is 0.804 bits per heavy atom. The SMILES string of the molecule is [O-][Cl+3]([O-])([O-])O[Se]1=C(c2ccccc2)C=C(CCCCC2=CC(c3ccccc3)=[Se](O[Cl+3]([O-])([O-])[O-])c3ccccc32)c2ccccc21. The van der Waals surface area contributed by atoms with E-state index in [1.807, 2.05) is 121 Å². The molecule has 238 valence electrons. The molecule has 2 aliphatic heterocycles. The van der Waals surface area contributed by atoms with Gasteiger partial charge in [-0.25, -0.2) is 0 Å². The van der Waals surface area contributed by atoms with Crippen molar-refractivity contribution in [3.63, 3.8) is 0 Å². The third-order valence-corrected chi connectivity index (χ3v) is 17.8. The predicted octanol–water partition coefficient (Wildman–Crippen LogP) is -1.43. The van der Waals surface area contributed by atoms with E-state index < -0.39 is 48.1 Å². The molecule has 2 unspecified atom stereocenters. The minimum atomic E-state index is -4.62. The van der Waals surface area contributed by atoms with Crippen molar-refractivity contribution in [2.75, 3.05) is 0 Å². The number of halogens is 2. The fourth-order valence-corrected chi connectivity index (χ4v) is 15.8. The molecule has 6 rings (SSSR count). The van der Waals surface area contributed by atoms with Gasteiger partial charge in [0.25, 0.3) is 0 Å². The second-order valence-electron chi connectivity index (χ2n) is 10.4. The van der Waals surface area contributed by atoms with Crippen LogP contribution in [0.4, 0.5) is 0 Å². The van der Waals surface area contributed by atoms with Crippen LogP contribution in [-0.4, -0.2) is 36.4 Å². The van der Waals surface area contributed by atoms with Crippen LogP contribution < -0.4 is 36.9 Å². The van der Waals surface area contributed by atoms with Crippen LogP contribution in [0.15, 0.2) is 121 Å². The van der Waals surface area contributed by atoms with Crippen LogP contribution in [0, 0.1) is 20.5 Å². The van der Waals surface area contributed by atoms with Crippen molar-refractivity contribution in [1.29, 1.82) is 0 Å². The number of allylic oxidation sites excluding steroid dienone is 4. The summed E-state index contributed by atoms with van der Waals surface area (Å²) in [7, 11) is -9.25. The molecule has 2 heterocycles. The van der Waals surface area contributed by atoms with Crippen LogP contribution in [0.2, 0.25) is 0 Å². The van der Waals surface area contributed by atoms with E-state index in [0.717, 1.165) is 64.0 Å². The molecule has 0 bridgehead atoms. The summed E-state index contributed by atoms with van der Waals surface area (Å²) in [6.07, 6.45) is 6.96. The first-order valence-electron chi connectivity index (χ1n) is 14.2. The molecule has 2 atom stereocenters. The van der Waals surface area contributed by atoms with Gasteiger partial charge < -0.3 is 0 Å². The molecule has 0 saturated heterocycles. The minimum absolute atomic E-state index is 0.700. The maximum atomic E-state index is 11.8. The van der Waals surface area contributed by atoms with E-state index in [1.54, 1.807) is 0 Å². The van der Waals surface area contributed by atoms with Gasteiger partial charge in [-0.3, -0.25) is 0 Å². The van der Waals surface area contributed by atoms with Gasteiger partial charge >= 0.3 is 281 Å². The zero-order valence-corrected chi connectivity index (χ0v) is 29.2. The Bertz CT molecular complexity index is 1720. The zero-order chi connectivity index (χ0) is 32.3. The predicted molar refractivity (Wildman–Crippen MR) is 161 cm³/mol. The molecule has 0 saturated carbocycles. The Balaban J connectivity index is 1.29. The molecule has 0 aromatic heterocycles. The number of benzene rings is 4. The van der Waals surface area contributed by atoms with Crippen molar-refractivity contribution in [3.05, 3.63) is 144 Å². The van der Waals surface area contributed by atoms with Crippen molar-refractivity contribution in [1.82, 2.24) is 0 Å². The number of hydrogen-bond donors (Lipinski definition) is 0. The monoisotopic (exact) mass is 794 g/mol. The van der Waals surface area contributed by atoms with E-state index in [4.69, 9.17) is 6.74 Å². The Labute approximate surface area is 279 Å². The van der Waals surface area contributed by atoms with Gasteiger partial charge in [-0.05, 0) is 0 Å². The van der Waals surface area contributed by atoms with E-state index >= 15 is 0 Å². The molecule has 46 heavy (non-hydrogen) atoms. The van der Waals surface area contributed by atoms with Crippen molar-refractivity contribution in [2.24, 2.45) is 0 Å². The molecule has 8 nitrogen and oxygen atoms in total. The van der Waals surface area contributed by atoms with Crippen LogP contribution in [0.25, 0.3) is 11.1 Å². The van der Waals surface area contributed by atoms with E-state index in [0.29, 0.717) is 12.8 Å². The van der Waals surface area contributed by atoms with E-state index in [9.17, 15) is 28.0 Å². The normalized spacial score (nSPS) is 18.0. The van der Waals surface area contributed by atoms with Crippen LogP contribution in [-0.2, 0) is 6.74 Å².